The van der Waals surface area contributed by atoms with Gasteiger partial charge in [-0.2, -0.15) is 0 Å². The van der Waals surface area contributed by atoms with Crippen molar-refractivity contribution in [2.45, 2.75) is 26.8 Å². The lowest BCUT2D eigenvalue weighted by Crippen LogP contribution is -2.09. The summed E-state index contributed by atoms with van der Waals surface area (Å²) in [4.78, 5) is 6.99. The molecule has 6 heteroatoms. The molecule has 20 heavy (non-hydrogen) atoms. The molecule has 1 atom stereocenters. The summed E-state index contributed by atoms with van der Waals surface area (Å²) in [6.07, 6.45) is 0. The average Bonchev–Trinajstić information content (AvgIpc) is 2.82. The minimum Gasteiger partial charge on any atom is -0.369 e. The molecular weight excluding hydrogens is 313 g/mol. The van der Waals surface area contributed by atoms with Crippen molar-refractivity contribution >= 4 is 46.2 Å². The number of anilines is 2. The number of halogens is 2. The van der Waals surface area contributed by atoms with Crippen molar-refractivity contribution in [1.82, 2.24) is 4.98 Å². The van der Waals surface area contributed by atoms with E-state index in [1.165, 1.54) is 9.75 Å². The van der Waals surface area contributed by atoms with E-state index in [1.807, 2.05) is 6.92 Å². The Labute approximate surface area is 133 Å². The number of rotatable bonds is 5. The summed E-state index contributed by atoms with van der Waals surface area (Å²) in [6, 6.07) is 6.09. The first-order valence-electron chi connectivity index (χ1n) is 6.44. The standard InChI is InChI=1S/C14H17Cl2N3S/c1-4-17-13-10(15)7-11(16)14(19-13)18-9(3)12-6-5-8(2)20-12/h5-7,9H,4H2,1-3H3,(H2,17,18,19). The third kappa shape index (κ3) is 3.57. The maximum absolute atomic E-state index is 6.20. The molecule has 0 aliphatic heterocycles. The van der Waals surface area contributed by atoms with Gasteiger partial charge < -0.3 is 10.6 Å². The van der Waals surface area contributed by atoms with E-state index in [1.54, 1.807) is 17.4 Å². The summed E-state index contributed by atoms with van der Waals surface area (Å²) in [5, 5.41) is 7.51. The van der Waals surface area contributed by atoms with Crippen LogP contribution in [0.1, 0.15) is 29.6 Å². The summed E-state index contributed by atoms with van der Waals surface area (Å²) < 4.78 is 0. The van der Waals surface area contributed by atoms with Gasteiger partial charge in [-0.25, -0.2) is 4.98 Å². The van der Waals surface area contributed by atoms with Gasteiger partial charge in [0.15, 0.2) is 0 Å². The van der Waals surface area contributed by atoms with Crippen molar-refractivity contribution in [1.29, 1.82) is 0 Å². The number of thiophene rings is 1. The highest BCUT2D eigenvalue weighted by molar-refractivity contribution is 7.12. The lowest BCUT2D eigenvalue weighted by Gasteiger charge is -2.16. The Morgan fingerprint density at radius 2 is 1.95 bits per heavy atom. The molecule has 1 unspecified atom stereocenters. The molecule has 2 rings (SSSR count). The highest BCUT2D eigenvalue weighted by atomic mass is 35.5. The average molecular weight is 330 g/mol. The normalized spacial score (nSPS) is 12.2. The van der Waals surface area contributed by atoms with E-state index in [0.717, 1.165) is 6.54 Å². The second-order valence-corrected chi connectivity index (χ2v) is 6.63. The van der Waals surface area contributed by atoms with Gasteiger partial charge in [0.25, 0.3) is 0 Å². The second kappa shape index (κ2) is 6.66. The molecule has 2 N–H and O–H groups in total. The zero-order chi connectivity index (χ0) is 14.7. The van der Waals surface area contributed by atoms with E-state index in [2.05, 4.69) is 41.6 Å². The molecule has 0 radical (unpaired) electrons. The van der Waals surface area contributed by atoms with E-state index in [-0.39, 0.29) is 6.04 Å². The number of aryl methyl sites for hydroxylation is 1. The predicted octanol–water partition coefficient (Wildman–Crippen LogP) is 5.36. The van der Waals surface area contributed by atoms with Crippen molar-refractivity contribution < 1.29 is 0 Å². The van der Waals surface area contributed by atoms with Gasteiger partial charge in [0, 0.05) is 16.3 Å². The Kier molecular flexibility index (Phi) is 5.13. The molecule has 0 spiro atoms. The fraction of sp³-hybridized carbons (Fsp3) is 0.357. The summed E-state index contributed by atoms with van der Waals surface area (Å²) in [7, 11) is 0. The molecule has 0 aliphatic carbocycles. The maximum atomic E-state index is 6.20. The van der Waals surface area contributed by atoms with Crippen LogP contribution in [0.2, 0.25) is 10.0 Å². The van der Waals surface area contributed by atoms with Gasteiger partial charge in [0.1, 0.15) is 11.6 Å². The molecular formula is C14H17Cl2N3S. The van der Waals surface area contributed by atoms with Crippen molar-refractivity contribution in [3.63, 3.8) is 0 Å². The lowest BCUT2D eigenvalue weighted by molar-refractivity contribution is 0.896. The third-order valence-electron chi connectivity index (χ3n) is 2.81. The molecule has 0 aromatic carbocycles. The van der Waals surface area contributed by atoms with Gasteiger partial charge in [0.05, 0.1) is 16.1 Å². The zero-order valence-electron chi connectivity index (χ0n) is 11.6. The molecule has 0 bridgehead atoms. The first kappa shape index (κ1) is 15.4. The van der Waals surface area contributed by atoms with Crippen molar-refractivity contribution in [3.05, 3.63) is 38.0 Å². The minimum absolute atomic E-state index is 0.148. The molecule has 2 aromatic heterocycles. The molecule has 0 aliphatic rings. The first-order chi connectivity index (χ1) is 9.51. The third-order valence-corrected chi connectivity index (χ3v) is 4.57. The van der Waals surface area contributed by atoms with Crippen molar-refractivity contribution in [2.24, 2.45) is 0 Å². The maximum Gasteiger partial charge on any atom is 0.147 e. The summed E-state index contributed by atoms with van der Waals surface area (Å²) in [5.74, 6) is 1.29. The Bertz CT molecular complexity index is 598. The van der Waals surface area contributed by atoms with E-state index < -0.39 is 0 Å². The van der Waals surface area contributed by atoms with Crippen LogP contribution in [0.25, 0.3) is 0 Å². The van der Waals surface area contributed by atoms with Crippen LogP contribution in [0.15, 0.2) is 18.2 Å². The molecule has 0 saturated heterocycles. The van der Waals surface area contributed by atoms with Crippen LogP contribution in [0.5, 0.6) is 0 Å². The fourth-order valence-corrected chi connectivity index (χ4v) is 3.18. The lowest BCUT2D eigenvalue weighted by atomic mass is 10.2. The smallest absolute Gasteiger partial charge is 0.147 e. The first-order valence-corrected chi connectivity index (χ1v) is 8.01. The van der Waals surface area contributed by atoms with Crippen LogP contribution in [-0.4, -0.2) is 11.5 Å². The second-order valence-electron chi connectivity index (χ2n) is 4.49. The predicted molar refractivity (Wildman–Crippen MR) is 89.5 cm³/mol. The van der Waals surface area contributed by atoms with Gasteiger partial charge in [-0.05, 0) is 39.0 Å². The Morgan fingerprint density at radius 1 is 1.25 bits per heavy atom. The van der Waals surface area contributed by atoms with Crippen LogP contribution >= 0.6 is 34.5 Å². The largest absolute Gasteiger partial charge is 0.369 e. The molecule has 0 amide bonds. The van der Waals surface area contributed by atoms with Crippen LogP contribution in [0.4, 0.5) is 11.6 Å². The Balaban J connectivity index is 2.22. The summed E-state index contributed by atoms with van der Waals surface area (Å²) in [6.45, 7) is 6.94. The number of hydrogen-bond donors (Lipinski definition) is 2. The summed E-state index contributed by atoms with van der Waals surface area (Å²) in [5.41, 5.74) is 0. The van der Waals surface area contributed by atoms with Gasteiger partial charge in [-0.3, -0.25) is 0 Å². The number of aromatic nitrogens is 1. The van der Waals surface area contributed by atoms with Gasteiger partial charge >= 0.3 is 0 Å². The number of nitrogens with one attached hydrogen (secondary N) is 2. The van der Waals surface area contributed by atoms with Gasteiger partial charge in [-0.1, -0.05) is 23.2 Å². The molecule has 0 saturated carbocycles. The number of pyridine rings is 1. The van der Waals surface area contributed by atoms with Crippen LogP contribution in [0, 0.1) is 6.92 Å². The van der Waals surface area contributed by atoms with Gasteiger partial charge in [0.2, 0.25) is 0 Å². The molecule has 108 valence electrons. The summed E-state index contributed by atoms with van der Waals surface area (Å²) >= 11 is 14.1. The van der Waals surface area contributed by atoms with Crippen LogP contribution in [0.3, 0.4) is 0 Å². The van der Waals surface area contributed by atoms with E-state index in [4.69, 9.17) is 23.2 Å². The van der Waals surface area contributed by atoms with Crippen LogP contribution in [-0.2, 0) is 0 Å². The SMILES string of the molecule is CCNc1nc(NC(C)c2ccc(C)s2)c(Cl)cc1Cl. The quantitative estimate of drug-likeness (QED) is 0.774. The van der Waals surface area contributed by atoms with E-state index >= 15 is 0 Å². The van der Waals surface area contributed by atoms with E-state index in [9.17, 15) is 0 Å². The number of nitrogens with zero attached hydrogens (tertiary/aromatic N) is 1. The minimum atomic E-state index is 0.148. The van der Waals surface area contributed by atoms with Crippen LogP contribution < -0.4 is 10.6 Å². The Morgan fingerprint density at radius 3 is 2.55 bits per heavy atom. The topological polar surface area (TPSA) is 37.0 Å². The monoisotopic (exact) mass is 329 g/mol. The van der Waals surface area contributed by atoms with E-state index in [0.29, 0.717) is 21.7 Å². The molecule has 2 aromatic rings. The number of hydrogen-bond acceptors (Lipinski definition) is 4. The molecule has 3 nitrogen and oxygen atoms in total. The fourth-order valence-electron chi connectivity index (χ4n) is 1.82. The van der Waals surface area contributed by atoms with Gasteiger partial charge in [-0.15, -0.1) is 11.3 Å². The van der Waals surface area contributed by atoms with Crippen molar-refractivity contribution in [3.8, 4) is 0 Å². The molecule has 2 heterocycles. The van der Waals surface area contributed by atoms with Crippen molar-refractivity contribution in [2.75, 3.05) is 17.2 Å². The molecule has 0 fully saturated rings. The Hall–Kier alpha value is -0.970. The highest BCUT2D eigenvalue weighted by Crippen LogP contribution is 2.32. The zero-order valence-corrected chi connectivity index (χ0v) is 14.0. The highest BCUT2D eigenvalue weighted by Gasteiger charge is 2.13.